The van der Waals surface area contributed by atoms with E-state index in [2.05, 4.69) is 73.7 Å². The van der Waals surface area contributed by atoms with Crippen molar-refractivity contribution in [3.05, 3.63) is 112 Å². The topological polar surface area (TPSA) is 73.2 Å². The van der Waals surface area contributed by atoms with E-state index in [1.807, 2.05) is 38.1 Å². The number of carbonyl (C=O) groups is 1. The first-order valence-electron chi connectivity index (χ1n) is 14.8. The number of benzene rings is 3. The second-order valence-corrected chi connectivity index (χ2v) is 12.5. The zero-order valence-corrected chi connectivity index (χ0v) is 27.4. The number of nitrogens with zero attached hydrogens (tertiary/aromatic N) is 1. The van der Waals surface area contributed by atoms with Crippen molar-refractivity contribution in [2.75, 3.05) is 0 Å². The van der Waals surface area contributed by atoms with Gasteiger partial charge >= 0.3 is 29.6 Å². The van der Waals surface area contributed by atoms with Crippen LogP contribution in [0.5, 0.6) is 0 Å². The largest absolute Gasteiger partial charge is 1.00 e. The summed E-state index contributed by atoms with van der Waals surface area (Å²) in [7, 11) is 0. The number of pyridine rings is 1. The van der Waals surface area contributed by atoms with Gasteiger partial charge in [-0.25, -0.2) is 4.98 Å². The van der Waals surface area contributed by atoms with E-state index in [1.165, 1.54) is 11.1 Å². The fraction of sp³-hybridized carbons (Fsp3) is 0.351. The summed E-state index contributed by atoms with van der Waals surface area (Å²) in [5, 5.41) is 23.3. The molecule has 1 heterocycles. The van der Waals surface area contributed by atoms with Crippen LogP contribution in [0.4, 0.5) is 0 Å². The smallest absolute Gasteiger partial charge is 0.550 e. The van der Waals surface area contributed by atoms with Gasteiger partial charge in [0.1, 0.15) is 0 Å². The summed E-state index contributed by atoms with van der Waals surface area (Å²) in [6.07, 6.45) is 9.86. The van der Waals surface area contributed by atoms with Crippen LogP contribution >= 0.6 is 0 Å². The van der Waals surface area contributed by atoms with Crippen molar-refractivity contribution in [1.29, 1.82) is 0 Å². The Labute approximate surface area is 272 Å². The number of carbonyl (C=O) groups excluding carboxylic acids is 1. The molecule has 0 spiro atoms. The maximum absolute atomic E-state index is 11.4. The van der Waals surface area contributed by atoms with Gasteiger partial charge in [-0.1, -0.05) is 72.8 Å². The maximum Gasteiger partial charge on any atom is 1.00 e. The number of hydrogen-bond acceptors (Lipinski definition) is 4. The van der Waals surface area contributed by atoms with Crippen LogP contribution in [-0.4, -0.2) is 16.1 Å². The van der Waals surface area contributed by atoms with Crippen molar-refractivity contribution in [2.24, 2.45) is 5.41 Å². The summed E-state index contributed by atoms with van der Waals surface area (Å²) < 4.78 is 0. The summed E-state index contributed by atoms with van der Waals surface area (Å²) in [6, 6.07) is 27.3. The molecule has 0 unspecified atom stereocenters. The normalized spacial score (nSPS) is 15.0. The maximum atomic E-state index is 11.4. The zero-order valence-electron chi connectivity index (χ0n) is 25.4. The number of carboxylic acids is 1. The third kappa shape index (κ3) is 8.41. The third-order valence-electron chi connectivity index (χ3n) is 8.64. The molecule has 5 rings (SSSR count). The quantitative estimate of drug-likeness (QED) is 0.258. The fourth-order valence-electron chi connectivity index (χ4n) is 6.06. The number of carboxylic acid groups (broad SMARTS) is 1. The van der Waals surface area contributed by atoms with Gasteiger partial charge in [0, 0.05) is 11.4 Å². The molecular formula is C37H40NNaO3. The summed E-state index contributed by atoms with van der Waals surface area (Å²) in [4.78, 5) is 16.2. The molecule has 1 fully saturated rings. The van der Waals surface area contributed by atoms with Gasteiger partial charge in [-0.05, 0) is 123 Å². The first kappa shape index (κ1) is 32.2. The minimum atomic E-state index is -0.942. The van der Waals surface area contributed by atoms with E-state index in [0.717, 1.165) is 71.8 Å². The number of aliphatic carboxylic acids is 1. The van der Waals surface area contributed by atoms with Gasteiger partial charge in [-0.3, -0.25) is 0 Å². The average molecular weight is 570 g/mol. The van der Waals surface area contributed by atoms with Crippen molar-refractivity contribution < 1.29 is 44.6 Å². The van der Waals surface area contributed by atoms with Gasteiger partial charge < -0.3 is 15.0 Å². The molecule has 1 aliphatic carbocycles. The summed E-state index contributed by atoms with van der Waals surface area (Å²) in [5.41, 5.74) is 6.62. The molecule has 1 aromatic heterocycles. The van der Waals surface area contributed by atoms with Gasteiger partial charge in [0.05, 0.1) is 16.8 Å². The number of aliphatic hydroxyl groups is 1. The summed E-state index contributed by atoms with van der Waals surface area (Å²) in [6.45, 7) is 5.75. The molecule has 0 aliphatic heterocycles. The first-order valence-corrected chi connectivity index (χ1v) is 14.8. The Kier molecular flexibility index (Phi) is 10.5. The van der Waals surface area contributed by atoms with Crippen LogP contribution in [0, 0.1) is 12.3 Å². The number of fused-ring (bicyclic) bond motifs is 1. The van der Waals surface area contributed by atoms with Crippen molar-refractivity contribution in [2.45, 2.75) is 77.2 Å². The molecule has 1 atom stereocenters. The Morgan fingerprint density at radius 2 is 1.76 bits per heavy atom. The third-order valence-corrected chi connectivity index (χ3v) is 8.64. The van der Waals surface area contributed by atoms with Gasteiger partial charge in [-0.2, -0.15) is 0 Å². The van der Waals surface area contributed by atoms with E-state index < -0.39 is 11.6 Å². The van der Waals surface area contributed by atoms with Crippen molar-refractivity contribution in [3.63, 3.8) is 0 Å². The van der Waals surface area contributed by atoms with E-state index in [9.17, 15) is 15.0 Å². The molecule has 0 amide bonds. The van der Waals surface area contributed by atoms with Gasteiger partial charge in [0.2, 0.25) is 0 Å². The molecule has 4 aromatic rings. The van der Waals surface area contributed by atoms with Crippen LogP contribution in [-0.2, 0) is 16.8 Å². The molecule has 0 radical (unpaired) electrons. The van der Waals surface area contributed by atoms with Crippen LogP contribution in [0.3, 0.4) is 0 Å². The molecule has 1 aliphatic rings. The Morgan fingerprint density at radius 3 is 2.50 bits per heavy atom. The molecule has 0 bridgehead atoms. The van der Waals surface area contributed by atoms with E-state index in [-0.39, 0.29) is 47.3 Å². The molecule has 1 N–H and O–H groups in total. The fourth-order valence-corrected chi connectivity index (χ4v) is 6.06. The van der Waals surface area contributed by atoms with Crippen LogP contribution in [0.25, 0.3) is 23.1 Å². The number of rotatable bonds is 12. The Morgan fingerprint density at radius 1 is 1.00 bits per heavy atom. The molecule has 0 saturated heterocycles. The standard InChI is InChI=1S/C37H41NO3.Na/c1-26-11-13-30-16-18-32(38-34(30)23-26)17-12-27-7-6-9-31(24-27)28(19-20-37(21-22-37)25-35(39)40)14-15-29-8-4-5-10-33(29)36(2,3)41;/h4-13,16-18,23-24,28,41H,14-15,19-22,25H2,1-3H3,(H,39,40);/q;+1/p-1/b17-12+;/t28-;/m0./s1. The minimum absolute atomic E-state index is 0. The summed E-state index contributed by atoms with van der Waals surface area (Å²) in [5.74, 6) is -0.665. The number of aromatic nitrogens is 1. The molecule has 3 aromatic carbocycles. The molecule has 42 heavy (non-hydrogen) atoms. The zero-order chi connectivity index (χ0) is 29.0. The van der Waals surface area contributed by atoms with Crippen LogP contribution in [0.15, 0.2) is 78.9 Å². The predicted molar refractivity (Wildman–Crippen MR) is 165 cm³/mol. The molecule has 212 valence electrons. The van der Waals surface area contributed by atoms with E-state index in [4.69, 9.17) is 4.98 Å². The minimum Gasteiger partial charge on any atom is -0.550 e. The van der Waals surface area contributed by atoms with Gasteiger partial charge in [-0.15, -0.1) is 0 Å². The Hall–Kier alpha value is -2.76. The van der Waals surface area contributed by atoms with E-state index in [1.54, 1.807) is 0 Å². The van der Waals surface area contributed by atoms with Crippen LogP contribution in [0.2, 0.25) is 0 Å². The monoisotopic (exact) mass is 569 g/mol. The van der Waals surface area contributed by atoms with E-state index >= 15 is 0 Å². The average Bonchev–Trinajstić information content (AvgIpc) is 3.70. The number of aryl methyl sites for hydroxylation is 2. The Bertz CT molecular complexity index is 1570. The van der Waals surface area contributed by atoms with Crippen molar-refractivity contribution >= 4 is 29.0 Å². The molecular weight excluding hydrogens is 529 g/mol. The molecule has 5 heteroatoms. The second kappa shape index (κ2) is 13.7. The SMILES string of the molecule is Cc1ccc2ccc(/C=C/c3cccc([C@@H](CCc4ccccc4C(C)(C)O)CCC4(CC(=O)[O-])CC4)c3)nc2c1.[Na+]. The van der Waals surface area contributed by atoms with Gasteiger partial charge in [0.15, 0.2) is 0 Å². The van der Waals surface area contributed by atoms with Crippen LogP contribution in [0.1, 0.15) is 91.8 Å². The Balaban J connectivity index is 0.00000405. The first-order chi connectivity index (χ1) is 19.6. The van der Waals surface area contributed by atoms with Crippen LogP contribution < -0.4 is 34.7 Å². The van der Waals surface area contributed by atoms with Crippen molar-refractivity contribution in [3.8, 4) is 0 Å². The molecule has 1 saturated carbocycles. The second-order valence-electron chi connectivity index (χ2n) is 12.5. The number of hydrogen-bond donors (Lipinski definition) is 1. The molecule has 4 nitrogen and oxygen atoms in total. The summed E-state index contributed by atoms with van der Waals surface area (Å²) >= 11 is 0. The van der Waals surface area contributed by atoms with Crippen molar-refractivity contribution in [1.82, 2.24) is 4.98 Å². The van der Waals surface area contributed by atoms with E-state index in [0.29, 0.717) is 0 Å². The predicted octanol–water partition coefficient (Wildman–Crippen LogP) is 4.36. The van der Waals surface area contributed by atoms with Gasteiger partial charge in [0.25, 0.3) is 0 Å².